The largest absolute Gasteiger partial charge is 0.399 e. The Balaban J connectivity index is 1.80. The van der Waals surface area contributed by atoms with E-state index >= 15 is 0 Å². The molecule has 0 unspecified atom stereocenters. The smallest absolute Gasteiger partial charge is 0.259 e. The molecule has 0 fully saturated rings. The van der Waals surface area contributed by atoms with E-state index in [1.807, 2.05) is 47.2 Å². The van der Waals surface area contributed by atoms with E-state index in [-0.39, 0.29) is 6.61 Å². The Morgan fingerprint density at radius 2 is 1.73 bits per heavy atom. The van der Waals surface area contributed by atoms with Crippen LogP contribution in [0.15, 0.2) is 54.9 Å². The zero-order chi connectivity index (χ0) is 20.8. The predicted molar refractivity (Wildman–Crippen MR) is 116 cm³/mol. The van der Waals surface area contributed by atoms with Crippen molar-refractivity contribution in [2.45, 2.75) is 13.0 Å². The number of amides is 2. The first kappa shape index (κ1) is 18.2. The molecule has 1 aliphatic rings. The molecule has 7 nitrogen and oxygen atoms in total. The van der Waals surface area contributed by atoms with E-state index < -0.39 is 11.8 Å². The van der Waals surface area contributed by atoms with Crippen LogP contribution in [-0.4, -0.2) is 33.1 Å². The third-order valence-corrected chi connectivity index (χ3v) is 5.52. The Morgan fingerprint density at radius 1 is 0.967 bits per heavy atom. The Kier molecular flexibility index (Phi) is 4.18. The highest BCUT2D eigenvalue weighted by atomic mass is 16.3. The van der Waals surface area contributed by atoms with Gasteiger partial charge in [0.2, 0.25) is 0 Å². The van der Waals surface area contributed by atoms with Crippen LogP contribution >= 0.6 is 0 Å². The standard InChI is InChI=1S/C23H20N4O3/c24-13-6-7-19-15(10-13)17(12-27(19)8-3-9-28)21-20(22(29)26-23(21)30)16-11-25-18-5-2-1-4-14(16)18/h1-2,4-7,10-12,25,28H,3,8-9,24H2,(H,26,29,30). The number of aryl methyl sites for hydroxylation is 1. The minimum atomic E-state index is -0.427. The summed E-state index contributed by atoms with van der Waals surface area (Å²) in [6, 6.07) is 13.2. The van der Waals surface area contributed by atoms with Gasteiger partial charge in [-0.05, 0) is 30.7 Å². The summed E-state index contributed by atoms with van der Waals surface area (Å²) in [5, 5.41) is 13.4. The van der Waals surface area contributed by atoms with Gasteiger partial charge in [0.05, 0.1) is 11.1 Å². The maximum atomic E-state index is 12.9. The number of carbonyl (C=O) groups is 2. The number of aliphatic hydroxyl groups excluding tert-OH is 1. The molecule has 1 aliphatic heterocycles. The molecular weight excluding hydrogens is 380 g/mol. The first-order valence-corrected chi connectivity index (χ1v) is 9.74. The number of fused-ring (bicyclic) bond motifs is 2. The molecule has 0 aliphatic carbocycles. The Hall–Kier alpha value is -3.84. The zero-order valence-electron chi connectivity index (χ0n) is 16.1. The van der Waals surface area contributed by atoms with E-state index in [1.165, 1.54) is 0 Å². The van der Waals surface area contributed by atoms with Crippen molar-refractivity contribution in [3.8, 4) is 0 Å². The molecule has 5 rings (SSSR count). The number of H-pyrrole nitrogens is 1. The van der Waals surface area contributed by atoms with Crippen LogP contribution < -0.4 is 11.1 Å². The highest BCUT2D eigenvalue weighted by molar-refractivity contribution is 6.50. The molecule has 30 heavy (non-hydrogen) atoms. The third kappa shape index (κ3) is 2.71. The first-order chi connectivity index (χ1) is 14.6. The van der Waals surface area contributed by atoms with E-state index in [1.54, 1.807) is 12.3 Å². The Morgan fingerprint density at radius 3 is 2.53 bits per heavy atom. The summed E-state index contributed by atoms with van der Waals surface area (Å²) in [5.74, 6) is -0.844. The van der Waals surface area contributed by atoms with Crippen LogP contribution in [-0.2, 0) is 16.1 Å². The van der Waals surface area contributed by atoms with Gasteiger partial charge < -0.3 is 20.4 Å². The summed E-state index contributed by atoms with van der Waals surface area (Å²) >= 11 is 0. The summed E-state index contributed by atoms with van der Waals surface area (Å²) in [5.41, 5.74) is 10.4. The predicted octanol–water partition coefficient (Wildman–Crippen LogP) is 2.65. The lowest BCUT2D eigenvalue weighted by molar-refractivity contribution is -0.122. The highest BCUT2D eigenvalue weighted by Gasteiger charge is 2.35. The van der Waals surface area contributed by atoms with E-state index in [0.29, 0.717) is 40.9 Å². The lowest BCUT2D eigenvalue weighted by Crippen LogP contribution is -2.22. The van der Waals surface area contributed by atoms with Gasteiger partial charge in [0, 0.05) is 64.2 Å². The number of para-hydroxylation sites is 1. The number of nitrogens with two attached hydrogens (primary N) is 1. The Labute approximate surface area is 171 Å². The molecular formula is C23H20N4O3. The van der Waals surface area contributed by atoms with Crippen molar-refractivity contribution in [1.29, 1.82) is 0 Å². The second kappa shape index (κ2) is 6.89. The van der Waals surface area contributed by atoms with E-state index in [2.05, 4.69) is 10.3 Å². The van der Waals surface area contributed by atoms with E-state index in [9.17, 15) is 14.7 Å². The van der Waals surface area contributed by atoms with Crippen molar-refractivity contribution in [2.75, 3.05) is 12.3 Å². The summed E-state index contributed by atoms with van der Waals surface area (Å²) in [4.78, 5) is 28.9. The number of nitrogen functional groups attached to an aromatic ring is 1. The first-order valence-electron chi connectivity index (χ1n) is 9.74. The number of nitrogens with zero attached hydrogens (tertiary/aromatic N) is 1. The number of nitrogens with one attached hydrogen (secondary N) is 2. The number of hydrogen-bond donors (Lipinski definition) is 4. The fraction of sp³-hybridized carbons (Fsp3) is 0.130. The van der Waals surface area contributed by atoms with Crippen LogP contribution in [0.2, 0.25) is 0 Å². The summed E-state index contributed by atoms with van der Waals surface area (Å²) < 4.78 is 1.98. The summed E-state index contributed by atoms with van der Waals surface area (Å²) in [6.45, 7) is 0.647. The second-order valence-corrected chi connectivity index (χ2v) is 7.37. The average Bonchev–Trinajstić information content (AvgIpc) is 3.39. The molecule has 0 spiro atoms. The molecule has 2 amide bonds. The van der Waals surface area contributed by atoms with Gasteiger partial charge >= 0.3 is 0 Å². The summed E-state index contributed by atoms with van der Waals surface area (Å²) in [7, 11) is 0. The fourth-order valence-corrected chi connectivity index (χ4v) is 4.19. The molecule has 150 valence electrons. The van der Waals surface area contributed by atoms with Crippen molar-refractivity contribution < 1.29 is 14.7 Å². The SMILES string of the molecule is Nc1ccc2c(c1)c(C1=C(c3c[nH]c4ccccc34)C(=O)NC1=O)cn2CCCO. The van der Waals surface area contributed by atoms with Crippen LogP contribution in [0.3, 0.4) is 0 Å². The molecule has 0 saturated heterocycles. The van der Waals surface area contributed by atoms with Crippen molar-refractivity contribution in [2.24, 2.45) is 0 Å². The topological polar surface area (TPSA) is 113 Å². The van der Waals surface area contributed by atoms with Gasteiger partial charge in [0.25, 0.3) is 11.8 Å². The molecule has 0 radical (unpaired) electrons. The number of carbonyl (C=O) groups excluding carboxylic acids is 2. The van der Waals surface area contributed by atoms with Gasteiger partial charge in [-0.3, -0.25) is 14.9 Å². The van der Waals surface area contributed by atoms with Gasteiger partial charge in [-0.25, -0.2) is 0 Å². The monoisotopic (exact) mass is 400 g/mol. The van der Waals surface area contributed by atoms with Crippen molar-refractivity contribution in [3.63, 3.8) is 0 Å². The van der Waals surface area contributed by atoms with Gasteiger partial charge in [-0.1, -0.05) is 18.2 Å². The van der Waals surface area contributed by atoms with Gasteiger partial charge in [0.1, 0.15) is 0 Å². The van der Waals surface area contributed by atoms with Crippen LogP contribution in [0.1, 0.15) is 17.5 Å². The number of hydrogen-bond acceptors (Lipinski definition) is 4. The second-order valence-electron chi connectivity index (χ2n) is 7.37. The quantitative estimate of drug-likeness (QED) is 0.305. The number of benzene rings is 2. The third-order valence-electron chi connectivity index (χ3n) is 5.52. The lowest BCUT2D eigenvalue weighted by Gasteiger charge is -2.03. The summed E-state index contributed by atoms with van der Waals surface area (Å²) in [6.07, 6.45) is 4.20. The van der Waals surface area contributed by atoms with Crippen LogP contribution in [0.5, 0.6) is 0 Å². The van der Waals surface area contributed by atoms with Crippen molar-refractivity contribution in [3.05, 3.63) is 66.0 Å². The fourth-order valence-electron chi connectivity index (χ4n) is 4.19. The normalized spacial score (nSPS) is 14.3. The lowest BCUT2D eigenvalue weighted by atomic mass is 9.95. The number of aromatic amines is 1. The van der Waals surface area contributed by atoms with Gasteiger partial charge in [-0.15, -0.1) is 0 Å². The van der Waals surface area contributed by atoms with Crippen LogP contribution in [0.4, 0.5) is 5.69 Å². The van der Waals surface area contributed by atoms with Gasteiger partial charge in [-0.2, -0.15) is 0 Å². The maximum absolute atomic E-state index is 12.9. The number of rotatable bonds is 5. The molecule has 0 atom stereocenters. The number of aromatic nitrogens is 2. The number of anilines is 1. The molecule has 5 N–H and O–H groups in total. The minimum Gasteiger partial charge on any atom is -0.399 e. The average molecular weight is 400 g/mol. The van der Waals surface area contributed by atoms with Crippen LogP contribution in [0, 0.1) is 0 Å². The highest BCUT2D eigenvalue weighted by Crippen LogP contribution is 2.38. The Bertz CT molecular complexity index is 1360. The maximum Gasteiger partial charge on any atom is 0.259 e. The van der Waals surface area contributed by atoms with Gasteiger partial charge in [0.15, 0.2) is 0 Å². The van der Waals surface area contributed by atoms with E-state index in [4.69, 9.17) is 5.73 Å². The molecule has 0 saturated carbocycles. The van der Waals surface area contributed by atoms with E-state index in [0.717, 1.165) is 21.8 Å². The molecule has 0 bridgehead atoms. The molecule has 4 aromatic rings. The van der Waals surface area contributed by atoms with Crippen molar-refractivity contribution >= 4 is 50.5 Å². The number of imide groups is 1. The molecule has 7 heteroatoms. The van der Waals surface area contributed by atoms with Crippen LogP contribution in [0.25, 0.3) is 33.0 Å². The number of aliphatic hydroxyl groups is 1. The minimum absolute atomic E-state index is 0.0617. The zero-order valence-corrected chi connectivity index (χ0v) is 16.1. The molecule has 2 aromatic heterocycles. The molecule has 3 heterocycles. The molecule has 2 aromatic carbocycles. The van der Waals surface area contributed by atoms with Crippen molar-refractivity contribution in [1.82, 2.24) is 14.9 Å².